The minimum Gasteiger partial charge on any atom is -0.490 e. The van der Waals surface area contributed by atoms with Crippen molar-refractivity contribution in [3.63, 3.8) is 0 Å². The van der Waals surface area contributed by atoms with Gasteiger partial charge in [0.25, 0.3) is 11.8 Å². The minimum absolute atomic E-state index is 0.0394. The van der Waals surface area contributed by atoms with E-state index in [4.69, 9.17) is 9.47 Å². The molecular weight excluding hydrogens is 448 g/mol. The Labute approximate surface area is 184 Å². The first-order valence-electron chi connectivity index (χ1n) is 10.4. The van der Waals surface area contributed by atoms with Gasteiger partial charge >= 0.3 is 0 Å². The first-order valence-corrected chi connectivity index (χ1v) is 11.1. The number of carbonyl (C=O) groups excluding carboxylic acids is 2. The number of likely N-dealkylation sites (tertiary alicyclic amines) is 1. The van der Waals surface area contributed by atoms with Crippen LogP contribution in [0.25, 0.3) is 0 Å². The molecule has 2 heterocycles. The molecule has 1 N–H and O–H groups in total. The molecule has 2 amide bonds. The van der Waals surface area contributed by atoms with Gasteiger partial charge in [0.2, 0.25) is 0 Å². The van der Waals surface area contributed by atoms with Crippen molar-refractivity contribution < 1.29 is 19.1 Å². The first-order chi connectivity index (χ1) is 14.6. The lowest BCUT2D eigenvalue weighted by molar-refractivity contribution is 0.0677. The summed E-state index contributed by atoms with van der Waals surface area (Å²) in [5.41, 5.74) is 1.52. The third-order valence-corrected chi connectivity index (χ3v) is 6.06. The number of nitrogens with one attached hydrogen (secondary N) is 1. The summed E-state index contributed by atoms with van der Waals surface area (Å²) in [4.78, 5) is 27.5. The van der Waals surface area contributed by atoms with Gasteiger partial charge in [-0.15, -0.1) is 0 Å². The molecular formula is C23H25BrN2O4. The molecule has 0 aliphatic carbocycles. The molecule has 0 bridgehead atoms. The van der Waals surface area contributed by atoms with Crippen molar-refractivity contribution in [2.45, 2.75) is 31.8 Å². The second-order valence-corrected chi connectivity index (χ2v) is 8.44. The van der Waals surface area contributed by atoms with E-state index in [0.717, 1.165) is 45.4 Å². The third kappa shape index (κ3) is 4.84. The number of carbonyl (C=O) groups is 2. The van der Waals surface area contributed by atoms with Gasteiger partial charge in [0.1, 0.15) is 12.4 Å². The van der Waals surface area contributed by atoms with E-state index in [2.05, 4.69) is 21.2 Å². The number of hydrogen-bond donors (Lipinski definition) is 1. The van der Waals surface area contributed by atoms with Crippen molar-refractivity contribution in [2.24, 2.45) is 0 Å². The fourth-order valence-corrected chi connectivity index (χ4v) is 4.27. The van der Waals surface area contributed by atoms with E-state index in [1.807, 2.05) is 17.0 Å². The number of hydrogen-bond acceptors (Lipinski definition) is 4. The lowest BCUT2D eigenvalue weighted by atomic mass is 10.1. The number of rotatable bonds is 6. The summed E-state index contributed by atoms with van der Waals surface area (Å²) < 4.78 is 12.1. The Balaban J connectivity index is 1.43. The quantitative estimate of drug-likeness (QED) is 0.671. The van der Waals surface area contributed by atoms with E-state index in [0.29, 0.717) is 33.6 Å². The standard InChI is InChI=1S/C23H25BrN2O4/c24-19-14-16(9-10-21(19)30-15-17-6-5-13-29-17)22(27)25-20-8-2-1-7-18(20)23(28)26-11-3-4-12-26/h1-2,7-10,14,17H,3-6,11-13,15H2,(H,25,27). The molecule has 6 nitrogen and oxygen atoms in total. The van der Waals surface area contributed by atoms with Crippen molar-refractivity contribution >= 4 is 33.4 Å². The molecule has 1 atom stereocenters. The van der Waals surface area contributed by atoms with E-state index in [1.165, 1.54) is 0 Å². The van der Waals surface area contributed by atoms with Gasteiger partial charge in [0.15, 0.2) is 0 Å². The second kappa shape index (κ2) is 9.62. The molecule has 2 fully saturated rings. The average molecular weight is 473 g/mol. The number of halogens is 1. The summed E-state index contributed by atoms with van der Waals surface area (Å²) in [7, 11) is 0. The maximum absolute atomic E-state index is 12.8. The van der Waals surface area contributed by atoms with Gasteiger partial charge < -0.3 is 19.7 Å². The molecule has 0 saturated carbocycles. The van der Waals surface area contributed by atoms with Gasteiger partial charge in [-0.05, 0) is 71.9 Å². The Morgan fingerprint density at radius 3 is 2.67 bits per heavy atom. The molecule has 0 radical (unpaired) electrons. The highest BCUT2D eigenvalue weighted by atomic mass is 79.9. The Hall–Kier alpha value is -2.38. The van der Waals surface area contributed by atoms with Crippen molar-refractivity contribution in [1.29, 1.82) is 0 Å². The highest BCUT2D eigenvalue weighted by Gasteiger charge is 2.23. The van der Waals surface area contributed by atoms with E-state index in [9.17, 15) is 9.59 Å². The van der Waals surface area contributed by atoms with Crippen LogP contribution in [0.5, 0.6) is 5.75 Å². The van der Waals surface area contributed by atoms with Crippen LogP contribution in [0.3, 0.4) is 0 Å². The van der Waals surface area contributed by atoms with Gasteiger partial charge in [0, 0.05) is 25.3 Å². The fraction of sp³-hybridized carbons (Fsp3) is 0.391. The average Bonchev–Trinajstić information content (AvgIpc) is 3.47. The second-order valence-electron chi connectivity index (χ2n) is 7.59. The monoisotopic (exact) mass is 472 g/mol. The number of nitrogens with zero attached hydrogens (tertiary/aromatic N) is 1. The lowest BCUT2D eigenvalue weighted by Crippen LogP contribution is -2.28. The molecule has 30 heavy (non-hydrogen) atoms. The van der Waals surface area contributed by atoms with Crippen LogP contribution in [0.2, 0.25) is 0 Å². The van der Waals surface area contributed by atoms with Crippen molar-refractivity contribution in [2.75, 3.05) is 31.6 Å². The summed E-state index contributed by atoms with van der Waals surface area (Å²) in [5, 5.41) is 2.89. The summed E-state index contributed by atoms with van der Waals surface area (Å²) in [5.74, 6) is 0.358. The van der Waals surface area contributed by atoms with Crippen LogP contribution in [0.15, 0.2) is 46.9 Å². The smallest absolute Gasteiger partial charge is 0.255 e. The zero-order valence-electron chi connectivity index (χ0n) is 16.7. The van der Waals surface area contributed by atoms with E-state index in [1.54, 1.807) is 30.3 Å². The Bertz CT molecular complexity index is 921. The summed E-state index contributed by atoms with van der Waals surface area (Å²) in [6, 6.07) is 12.4. The number of anilines is 1. The molecule has 7 heteroatoms. The van der Waals surface area contributed by atoms with Crippen LogP contribution >= 0.6 is 15.9 Å². The molecule has 0 spiro atoms. The third-order valence-electron chi connectivity index (χ3n) is 5.44. The topological polar surface area (TPSA) is 67.9 Å². The number of amides is 2. The van der Waals surface area contributed by atoms with Crippen molar-refractivity contribution in [3.05, 3.63) is 58.1 Å². The van der Waals surface area contributed by atoms with Gasteiger partial charge in [-0.25, -0.2) is 0 Å². The highest BCUT2D eigenvalue weighted by molar-refractivity contribution is 9.10. The van der Waals surface area contributed by atoms with E-state index in [-0.39, 0.29) is 17.9 Å². The van der Waals surface area contributed by atoms with Gasteiger partial charge in [0.05, 0.1) is 21.8 Å². The highest BCUT2D eigenvalue weighted by Crippen LogP contribution is 2.28. The molecule has 0 aromatic heterocycles. The fourth-order valence-electron chi connectivity index (χ4n) is 3.78. The molecule has 1 unspecified atom stereocenters. The number of benzene rings is 2. The van der Waals surface area contributed by atoms with Crippen LogP contribution in [0, 0.1) is 0 Å². The van der Waals surface area contributed by atoms with Crippen LogP contribution in [-0.4, -0.2) is 49.1 Å². The predicted molar refractivity (Wildman–Crippen MR) is 118 cm³/mol. The molecule has 4 rings (SSSR count). The SMILES string of the molecule is O=C(Nc1ccccc1C(=O)N1CCCC1)c1ccc(OCC2CCCO2)c(Br)c1. The summed E-state index contributed by atoms with van der Waals surface area (Å²) in [6.45, 7) is 2.81. The van der Waals surface area contributed by atoms with Crippen LogP contribution in [0.4, 0.5) is 5.69 Å². The van der Waals surface area contributed by atoms with Gasteiger partial charge in [-0.3, -0.25) is 9.59 Å². The Kier molecular flexibility index (Phi) is 6.69. The summed E-state index contributed by atoms with van der Waals surface area (Å²) in [6.07, 6.45) is 4.25. The molecule has 2 aromatic rings. The van der Waals surface area contributed by atoms with Crippen molar-refractivity contribution in [3.8, 4) is 5.75 Å². The predicted octanol–water partition coefficient (Wildman–Crippen LogP) is 4.50. The normalized spacial score (nSPS) is 18.4. The van der Waals surface area contributed by atoms with Gasteiger partial charge in [-0.2, -0.15) is 0 Å². The van der Waals surface area contributed by atoms with Crippen molar-refractivity contribution in [1.82, 2.24) is 4.90 Å². The number of ether oxygens (including phenoxy) is 2. The molecule has 2 aliphatic rings. The zero-order chi connectivity index (χ0) is 20.9. The molecule has 2 aliphatic heterocycles. The molecule has 2 aromatic carbocycles. The summed E-state index contributed by atoms with van der Waals surface area (Å²) >= 11 is 3.49. The molecule has 2 saturated heterocycles. The lowest BCUT2D eigenvalue weighted by Gasteiger charge is -2.18. The Morgan fingerprint density at radius 1 is 1.13 bits per heavy atom. The van der Waals surface area contributed by atoms with Crippen LogP contribution < -0.4 is 10.1 Å². The maximum atomic E-state index is 12.8. The Morgan fingerprint density at radius 2 is 1.93 bits per heavy atom. The zero-order valence-corrected chi connectivity index (χ0v) is 18.3. The maximum Gasteiger partial charge on any atom is 0.255 e. The largest absolute Gasteiger partial charge is 0.490 e. The first kappa shape index (κ1) is 20.9. The van der Waals surface area contributed by atoms with Gasteiger partial charge in [-0.1, -0.05) is 12.1 Å². The number of para-hydroxylation sites is 1. The van der Waals surface area contributed by atoms with Crippen LogP contribution in [-0.2, 0) is 4.74 Å². The molecule has 158 valence electrons. The van der Waals surface area contributed by atoms with E-state index < -0.39 is 0 Å². The van der Waals surface area contributed by atoms with E-state index >= 15 is 0 Å². The van der Waals surface area contributed by atoms with Crippen LogP contribution in [0.1, 0.15) is 46.4 Å². The minimum atomic E-state index is -0.275.